The van der Waals surface area contributed by atoms with Crippen molar-refractivity contribution in [2.75, 3.05) is 17.9 Å². The summed E-state index contributed by atoms with van der Waals surface area (Å²) in [6, 6.07) is 11.4. The van der Waals surface area contributed by atoms with Crippen molar-refractivity contribution in [3.8, 4) is 5.75 Å². The zero-order chi connectivity index (χ0) is 20.1. The van der Waals surface area contributed by atoms with Gasteiger partial charge >= 0.3 is 0 Å². The Morgan fingerprint density at radius 1 is 1.11 bits per heavy atom. The number of halogens is 2. The predicted molar refractivity (Wildman–Crippen MR) is 105 cm³/mol. The summed E-state index contributed by atoms with van der Waals surface area (Å²) >= 11 is 0. The van der Waals surface area contributed by atoms with Gasteiger partial charge < -0.3 is 10.1 Å². The first-order valence-corrected chi connectivity index (χ1v) is 10.7. The Morgan fingerprint density at radius 3 is 2.50 bits per heavy atom. The number of alkyl halides is 2. The molecule has 0 fully saturated rings. The maximum atomic E-state index is 12.6. The van der Waals surface area contributed by atoms with E-state index in [0.29, 0.717) is 11.7 Å². The number of anilines is 1. The van der Waals surface area contributed by atoms with Gasteiger partial charge in [0.1, 0.15) is 12.4 Å². The van der Waals surface area contributed by atoms with E-state index in [4.69, 9.17) is 4.74 Å². The van der Waals surface area contributed by atoms with Gasteiger partial charge in [0.25, 0.3) is 16.4 Å². The van der Waals surface area contributed by atoms with Gasteiger partial charge in [0, 0.05) is 11.7 Å². The number of fused-ring (bicyclic) bond motifs is 1. The van der Waals surface area contributed by atoms with Crippen LogP contribution in [0.1, 0.15) is 24.5 Å². The molecule has 0 aliphatic heterocycles. The van der Waals surface area contributed by atoms with Crippen LogP contribution in [0, 0.1) is 0 Å². The van der Waals surface area contributed by atoms with E-state index in [2.05, 4.69) is 17.0 Å². The molecule has 2 aromatic carbocycles. The van der Waals surface area contributed by atoms with Gasteiger partial charge in [0.15, 0.2) is 0 Å². The van der Waals surface area contributed by atoms with Crippen molar-refractivity contribution in [1.29, 1.82) is 0 Å². The molecule has 152 valence electrons. The smallest absolute Gasteiger partial charge is 0.272 e. The minimum absolute atomic E-state index is 0.0416. The van der Waals surface area contributed by atoms with Crippen molar-refractivity contribution in [3.63, 3.8) is 0 Å². The lowest BCUT2D eigenvalue weighted by Gasteiger charge is -2.11. The second-order valence-electron chi connectivity index (χ2n) is 6.82. The number of hydrogen-bond donors (Lipinski definition) is 2. The van der Waals surface area contributed by atoms with Crippen molar-refractivity contribution in [3.05, 3.63) is 53.6 Å². The summed E-state index contributed by atoms with van der Waals surface area (Å²) in [4.78, 5) is 0.0416. The average Bonchev–Trinajstić information content (AvgIpc) is 3.06. The van der Waals surface area contributed by atoms with Gasteiger partial charge in [-0.3, -0.25) is 4.72 Å². The lowest BCUT2D eigenvalue weighted by Crippen LogP contribution is -2.29. The largest absolute Gasteiger partial charge is 0.488 e. The first-order chi connectivity index (χ1) is 13.4. The van der Waals surface area contributed by atoms with Crippen molar-refractivity contribution in [2.24, 2.45) is 0 Å². The summed E-state index contributed by atoms with van der Waals surface area (Å²) in [5.74, 6) is 0.197. The highest BCUT2D eigenvalue weighted by Gasteiger charge is 2.22. The van der Waals surface area contributed by atoms with Crippen LogP contribution in [0.5, 0.6) is 5.75 Å². The second-order valence-corrected chi connectivity index (χ2v) is 8.50. The molecule has 0 aromatic heterocycles. The lowest BCUT2D eigenvalue weighted by atomic mass is 10.1. The van der Waals surface area contributed by atoms with Gasteiger partial charge in [0.2, 0.25) is 0 Å². The molecule has 2 N–H and O–H groups in total. The first kappa shape index (κ1) is 20.5. The number of ether oxygens (including phenoxy) is 1. The van der Waals surface area contributed by atoms with Crippen molar-refractivity contribution in [2.45, 2.75) is 43.5 Å². The van der Waals surface area contributed by atoms with Crippen LogP contribution >= 0.6 is 0 Å². The lowest BCUT2D eigenvalue weighted by molar-refractivity contribution is 0.0819. The number of rotatable bonds is 9. The Hall–Kier alpha value is -2.19. The van der Waals surface area contributed by atoms with Gasteiger partial charge in [-0.1, -0.05) is 13.0 Å². The maximum absolute atomic E-state index is 12.6. The zero-order valence-corrected chi connectivity index (χ0v) is 16.4. The first-order valence-electron chi connectivity index (χ1n) is 9.26. The third-order valence-corrected chi connectivity index (χ3v) is 5.98. The molecule has 1 unspecified atom stereocenters. The van der Waals surface area contributed by atoms with Gasteiger partial charge in [-0.05, 0) is 73.3 Å². The molecule has 2 aromatic rings. The quantitative estimate of drug-likeness (QED) is 0.663. The van der Waals surface area contributed by atoms with Gasteiger partial charge in [-0.2, -0.15) is 0 Å². The van der Waals surface area contributed by atoms with Gasteiger partial charge in [0.05, 0.1) is 4.90 Å². The van der Waals surface area contributed by atoms with E-state index in [0.717, 1.165) is 31.4 Å². The van der Waals surface area contributed by atoms with Crippen LogP contribution in [0.25, 0.3) is 0 Å². The highest BCUT2D eigenvalue weighted by atomic mass is 32.2. The van der Waals surface area contributed by atoms with Crippen molar-refractivity contribution < 1.29 is 21.9 Å². The van der Waals surface area contributed by atoms with E-state index < -0.39 is 23.1 Å². The maximum Gasteiger partial charge on any atom is 0.272 e. The van der Waals surface area contributed by atoms with Crippen LogP contribution in [0.2, 0.25) is 0 Å². The monoisotopic (exact) mass is 410 g/mol. The van der Waals surface area contributed by atoms with Crippen molar-refractivity contribution in [1.82, 2.24) is 5.32 Å². The third-order valence-electron chi connectivity index (χ3n) is 4.58. The van der Waals surface area contributed by atoms with E-state index in [1.165, 1.54) is 29.8 Å². The molecule has 0 heterocycles. The molecule has 1 aliphatic rings. The minimum Gasteiger partial charge on any atom is -0.488 e. The van der Waals surface area contributed by atoms with Gasteiger partial charge in [-0.25, -0.2) is 17.2 Å². The zero-order valence-electron chi connectivity index (χ0n) is 15.6. The Labute approximate surface area is 164 Å². The van der Waals surface area contributed by atoms with E-state index in [1.807, 2.05) is 12.1 Å². The highest BCUT2D eigenvalue weighted by molar-refractivity contribution is 7.92. The summed E-state index contributed by atoms with van der Waals surface area (Å²) in [6.45, 7) is 2.36. The van der Waals surface area contributed by atoms with Crippen LogP contribution < -0.4 is 14.8 Å². The normalized spacial score (nSPS) is 16.2. The molecule has 0 radical (unpaired) electrons. The standard InChI is InChI=1S/C20H24F2N2O3S/c1-2-9-23-17-10-14-3-4-16(11-15(14)12-17)24-28(25,26)19-7-5-18(6-8-19)27-13-20(21)22/h3-8,11,17,20,23-24H,2,9-10,12-13H2,1H3. The Kier molecular flexibility index (Phi) is 6.51. The molecule has 8 heteroatoms. The summed E-state index contributed by atoms with van der Waals surface area (Å²) in [6.07, 6.45) is 0.314. The van der Waals surface area contributed by atoms with E-state index in [9.17, 15) is 17.2 Å². The number of nitrogens with one attached hydrogen (secondary N) is 2. The van der Waals surface area contributed by atoms with E-state index in [1.54, 1.807) is 6.07 Å². The third kappa shape index (κ3) is 5.20. The topological polar surface area (TPSA) is 67.4 Å². The van der Waals surface area contributed by atoms with Crippen LogP contribution in [0.4, 0.5) is 14.5 Å². The molecule has 3 rings (SSSR count). The Morgan fingerprint density at radius 2 is 1.82 bits per heavy atom. The average molecular weight is 410 g/mol. The summed E-state index contributed by atoms with van der Waals surface area (Å²) in [5, 5.41) is 3.50. The molecular weight excluding hydrogens is 386 g/mol. The molecule has 0 spiro atoms. The summed E-state index contributed by atoms with van der Waals surface area (Å²) < 4.78 is 57.0. The Balaban J connectivity index is 1.66. The predicted octanol–water partition coefficient (Wildman–Crippen LogP) is 3.60. The Bertz CT molecular complexity index is 902. The number of sulfonamides is 1. The van der Waals surface area contributed by atoms with Crippen molar-refractivity contribution >= 4 is 15.7 Å². The molecule has 0 saturated carbocycles. The van der Waals surface area contributed by atoms with Crippen LogP contribution in [-0.4, -0.2) is 34.0 Å². The fourth-order valence-corrected chi connectivity index (χ4v) is 4.31. The second kappa shape index (κ2) is 8.87. The molecule has 0 amide bonds. The number of hydrogen-bond acceptors (Lipinski definition) is 4. The van der Waals surface area contributed by atoms with Crippen LogP contribution in [0.15, 0.2) is 47.4 Å². The van der Waals surface area contributed by atoms with Gasteiger partial charge in [-0.15, -0.1) is 0 Å². The van der Waals surface area contributed by atoms with E-state index >= 15 is 0 Å². The molecule has 1 aliphatic carbocycles. The summed E-state index contributed by atoms with van der Waals surface area (Å²) in [7, 11) is -3.78. The molecule has 28 heavy (non-hydrogen) atoms. The highest BCUT2D eigenvalue weighted by Crippen LogP contribution is 2.27. The fourth-order valence-electron chi connectivity index (χ4n) is 3.26. The summed E-state index contributed by atoms with van der Waals surface area (Å²) in [5.41, 5.74) is 2.88. The molecule has 0 saturated heterocycles. The fraction of sp³-hybridized carbons (Fsp3) is 0.400. The minimum atomic E-state index is -3.78. The van der Waals surface area contributed by atoms with Crippen LogP contribution in [-0.2, 0) is 22.9 Å². The number of benzene rings is 2. The SMILES string of the molecule is CCCNC1Cc2ccc(NS(=O)(=O)c3ccc(OCC(F)F)cc3)cc2C1. The molecule has 1 atom stereocenters. The van der Waals surface area contributed by atoms with E-state index in [-0.39, 0.29) is 10.6 Å². The molecule has 0 bridgehead atoms. The molecule has 5 nitrogen and oxygen atoms in total. The molecular formula is C20H24F2N2O3S. The van der Waals surface area contributed by atoms with Crippen LogP contribution in [0.3, 0.4) is 0 Å².